The third-order valence-corrected chi connectivity index (χ3v) is 2.61. The van der Waals surface area contributed by atoms with Crippen LogP contribution < -0.4 is 16.2 Å². The first kappa shape index (κ1) is 15.0. The van der Waals surface area contributed by atoms with Crippen molar-refractivity contribution in [3.8, 4) is 11.4 Å². The van der Waals surface area contributed by atoms with Gasteiger partial charge in [0.1, 0.15) is 23.9 Å². The van der Waals surface area contributed by atoms with Gasteiger partial charge in [0.2, 0.25) is 0 Å². The molecule has 21 heavy (non-hydrogen) atoms. The molecule has 0 saturated carbocycles. The number of nitrogen functional groups attached to an aromatic ring is 1. The van der Waals surface area contributed by atoms with E-state index in [0.717, 1.165) is 15.4 Å². The maximum absolute atomic E-state index is 13.6. The Hall–Kier alpha value is -2.42. The van der Waals surface area contributed by atoms with Crippen molar-refractivity contribution >= 4 is 5.69 Å². The van der Waals surface area contributed by atoms with Crippen LogP contribution in [0.1, 0.15) is 13.8 Å². The third kappa shape index (κ3) is 3.19. The summed E-state index contributed by atoms with van der Waals surface area (Å²) in [6.07, 6.45) is 0. The molecule has 0 aliphatic heterocycles. The minimum atomic E-state index is -1.12. The van der Waals surface area contributed by atoms with Gasteiger partial charge in [-0.1, -0.05) is 0 Å². The Bertz CT molecular complexity index is 717. The molecule has 1 aromatic heterocycles. The van der Waals surface area contributed by atoms with Crippen molar-refractivity contribution in [3.05, 3.63) is 28.4 Å². The van der Waals surface area contributed by atoms with Crippen molar-refractivity contribution in [1.29, 1.82) is 0 Å². The van der Waals surface area contributed by atoms with Gasteiger partial charge in [-0.25, -0.2) is 9.18 Å². The number of halogens is 1. The van der Waals surface area contributed by atoms with E-state index in [2.05, 4.69) is 10.4 Å². The fourth-order valence-corrected chi connectivity index (χ4v) is 1.56. The van der Waals surface area contributed by atoms with Gasteiger partial charge in [-0.15, -0.1) is 0 Å². The summed E-state index contributed by atoms with van der Waals surface area (Å²) in [4.78, 5) is 11.9. The highest BCUT2D eigenvalue weighted by Crippen LogP contribution is 2.27. The van der Waals surface area contributed by atoms with Gasteiger partial charge in [0.05, 0.1) is 11.3 Å². The van der Waals surface area contributed by atoms with Crippen LogP contribution in [0.2, 0.25) is 0 Å². The first-order valence-corrected chi connectivity index (χ1v) is 6.12. The van der Waals surface area contributed by atoms with Gasteiger partial charge in [-0.3, -0.25) is 0 Å². The van der Waals surface area contributed by atoms with Crippen LogP contribution in [0.15, 0.2) is 16.9 Å². The number of ether oxygens (including phenoxy) is 1. The number of hydrogen-bond acceptors (Lipinski definition) is 6. The van der Waals surface area contributed by atoms with Gasteiger partial charge in [-0.05, 0) is 30.3 Å². The van der Waals surface area contributed by atoms with E-state index in [0.29, 0.717) is 0 Å². The van der Waals surface area contributed by atoms with Crippen molar-refractivity contribution in [1.82, 2.24) is 19.8 Å². The van der Waals surface area contributed by atoms with E-state index in [9.17, 15) is 14.3 Å². The Morgan fingerprint density at radius 3 is 2.62 bits per heavy atom. The summed E-state index contributed by atoms with van der Waals surface area (Å²) in [6.45, 7) is 2.97. The molecule has 0 spiro atoms. The summed E-state index contributed by atoms with van der Waals surface area (Å²) in [5.41, 5.74) is 3.85. The lowest BCUT2D eigenvalue weighted by molar-refractivity contribution is 0.0283. The smallest absolute Gasteiger partial charge is 0.368 e. The molecular weight excluding hydrogens is 281 g/mol. The second-order valence-electron chi connectivity index (χ2n) is 5.24. The minimum Gasteiger partial charge on any atom is -0.488 e. The molecule has 0 aliphatic carbocycles. The van der Waals surface area contributed by atoms with Crippen LogP contribution in [0.4, 0.5) is 10.1 Å². The van der Waals surface area contributed by atoms with E-state index in [1.165, 1.54) is 27.0 Å². The number of nitrogens with zero attached hydrogens (tertiary/aromatic N) is 4. The van der Waals surface area contributed by atoms with E-state index >= 15 is 0 Å². The molecular formula is C12H16FN5O3. The summed E-state index contributed by atoms with van der Waals surface area (Å²) >= 11 is 0. The molecule has 114 valence electrons. The zero-order valence-corrected chi connectivity index (χ0v) is 11.9. The molecule has 0 saturated heterocycles. The Morgan fingerprint density at radius 2 is 2.10 bits per heavy atom. The lowest BCUT2D eigenvalue weighted by Crippen LogP contribution is -2.29. The van der Waals surface area contributed by atoms with Crippen LogP contribution in [-0.4, -0.2) is 37.1 Å². The monoisotopic (exact) mass is 297 g/mol. The molecule has 1 heterocycles. The van der Waals surface area contributed by atoms with Crippen LogP contribution in [0.25, 0.3) is 5.69 Å². The largest absolute Gasteiger partial charge is 0.488 e. The molecule has 0 radical (unpaired) electrons. The molecule has 3 N–H and O–H groups in total. The molecule has 0 fully saturated rings. The minimum absolute atomic E-state index is 0.0337. The summed E-state index contributed by atoms with van der Waals surface area (Å²) in [6, 6.07) is 2.27. The Balaban J connectivity index is 2.51. The van der Waals surface area contributed by atoms with Gasteiger partial charge < -0.3 is 15.6 Å². The lowest BCUT2D eigenvalue weighted by Gasteiger charge is -2.19. The number of nitrogens with two attached hydrogens (primary N) is 1. The highest BCUT2D eigenvalue weighted by atomic mass is 19.1. The lowest BCUT2D eigenvalue weighted by atomic mass is 10.1. The molecule has 8 nitrogen and oxygen atoms in total. The van der Waals surface area contributed by atoms with Crippen molar-refractivity contribution in [2.24, 2.45) is 7.05 Å². The van der Waals surface area contributed by atoms with E-state index in [1.807, 2.05) is 0 Å². The molecule has 0 aliphatic rings. The van der Waals surface area contributed by atoms with E-state index in [4.69, 9.17) is 10.5 Å². The Kier molecular flexibility index (Phi) is 3.69. The van der Waals surface area contributed by atoms with Crippen LogP contribution in [0.3, 0.4) is 0 Å². The van der Waals surface area contributed by atoms with E-state index < -0.39 is 17.1 Å². The SMILES string of the molecule is Cn1nnn(-c2cc(N)c(F)cc2OCC(C)(C)O)c1=O. The molecule has 0 atom stereocenters. The summed E-state index contributed by atoms with van der Waals surface area (Å²) in [5.74, 6) is -0.659. The van der Waals surface area contributed by atoms with Gasteiger partial charge in [0.15, 0.2) is 0 Å². The molecule has 1 aromatic carbocycles. The van der Waals surface area contributed by atoms with Gasteiger partial charge in [0, 0.05) is 13.1 Å². The van der Waals surface area contributed by atoms with Crippen molar-refractivity contribution in [2.45, 2.75) is 19.4 Å². The number of benzene rings is 1. The average Bonchev–Trinajstić information content (AvgIpc) is 2.70. The topological polar surface area (TPSA) is 108 Å². The number of anilines is 1. The molecule has 9 heteroatoms. The van der Waals surface area contributed by atoms with Crippen LogP contribution in [-0.2, 0) is 7.05 Å². The summed E-state index contributed by atoms with van der Waals surface area (Å²) < 4.78 is 20.9. The number of tetrazole rings is 1. The van der Waals surface area contributed by atoms with Crippen LogP contribution in [0, 0.1) is 5.82 Å². The Labute approximate surface area is 119 Å². The first-order chi connectivity index (χ1) is 9.69. The fourth-order valence-electron chi connectivity index (χ4n) is 1.56. The predicted molar refractivity (Wildman–Crippen MR) is 72.8 cm³/mol. The van der Waals surface area contributed by atoms with E-state index in [1.54, 1.807) is 0 Å². The molecule has 0 unspecified atom stereocenters. The quantitative estimate of drug-likeness (QED) is 0.759. The maximum atomic E-state index is 13.6. The van der Waals surface area contributed by atoms with Gasteiger partial charge in [-0.2, -0.15) is 9.36 Å². The van der Waals surface area contributed by atoms with Crippen LogP contribution >= 0.6 is 0 Å². The zero-order chi connectivity index (χ0) is 15.8. The summed E-state index contributed by atoms with van der Waals surface area (Å²) in [5, 5.41) is 16.9. The fraction of sp³-hybridized carbons (Fsp3) is 0.417. The Morgan fingerprint density at radius 1 is 1.43 bits per heavy atom. The van der Waals surface area contributed by atoms with Crippen molar-refractivity contribution in [2.75, 3.05) is 12.3 Å². The molecule has 0 bridgehead atoms. The number of rotatable bonds is 4. The first-order valence-electron chi connectivity index (χ1n) is 6.12. The van der Waals surface area contributed by atoms with Gasteiger partial charge in [0.25, 0.3) is 0 Å². The summed E-state index contributed by atoms with van der Waals surface area (Å²) in [7, 11) is 1.43. The number of hydrogen-bond donors (Lipinski definition) is 2. The van der Waals surface area contributed by atoms with Crippen molar-refractivity contribution < 1.29 is 14.2 Å². The standard InChI is InChI=1S/C12H16FN5O3/c1-12(2,20)6-21-10-4-7(13)8(14)5-9(10)18-11(19)17(3)15-16-18/h4-5,20H,6,14H2,1-3H3. The molecule has 2 aromatic rings. The molecule has 2 rings (SSSR count). The third-order valence-electron chi connectivity index (χ3n) is 2.61. The van der Waals surface area contributed by atoms with Gasteiger partial charge >= 0.3 is 5.69 Å². The predicted octanol–water partition coefficient (Wildman–Crippen LogP) is -0.163. The van der Waals surface area contributed by atoms with E-state index in [-0.39, 0.29) is 23.7 Å². The number of aryl methyl sites for hydroxylation is 1. The highest BCUT2D eigenvalue weighted by molar-refractivity contribution is 5.56. The number of aliphatic hydroxyl groups is 1. The van der Waals surface area contributed by atoms with Crippen LogP contribution in [0.5, 0.6) is 5.75 Å². The maximum Gasteiger partial charge on any atom is 0.368 e. The average molecular weight is 297 g/mol. The van der Waals surface area contributed by atoms with Crippen molar-refractivity contribution in [3.63, 3.8) is 0 Å². The second kappa shape index (κ2) is 5.17. The molecule has 0 amide bonds. The highest BCUT2D eigenvalue weighted by Gasteiger charge is 2.19. The zero-order valence-electron chi connectivity index (χ0n) is 11.9. The number of aromatic nitrogens is 4. The normalized spacial score (nSPS) is 11.7. The second-order valence-corrected chi connectivity index (χ2v) is 5.24.